The van der Waals surface area contributed by atoms with E-state index >= 15 is 0 Å². The van der Waals surface area contributed by atoms with Crippen molar-refractivity contribution in [3.63, 3.8) is 0 Å². The van der Waals surface area contributed by atoms with E-state index in [2.05, 4.69) is 59.8 Å². The molecule has 0 amide bonds. The molecule has 0 saturated carbocycles. The van der Waals surface area contributed by atoms with Crippen molar-refractivity contribution in [3.8, 4) is 5.75 Å². The maximum atomic E-state index is 5.16. The summed E-state index contributed by atoms with van der Waals surface area (Å²) in [5.74, 6) is 0.910. The van der Waals surface area contributed by atoms with Crippen LogP contribution in [-0.4, -0.2) is 7.11 Å². The van der Waals surface area contributed by atoms with Crippen LogP contribution in [0.3, 0.4) is 0 Å². The third-order valence-electron chi connectivity index (χ3n) is 2.86. The first-order chi connectivity index (χ1) is 8.19. The van der Waals surface area contributed by atoms with E-state index in [4.69, 9.17) is 4.74 Å². The molecule has 0 saturated heterocycles. The summed E-state index contributed by atoms with van der Waals surface area (Å²) >= 11 is 2.36. The van der Waals surface area contributed by atoms with Crippen molar-refractivity contribution in [1.82, 2.24) is 0 Å². The van der Waals surface area contributed by atoms with Gasteiger partial charge in [-0.15, -0.1) is 0 Å². The maximum Gasteiger partial charge on any atom is 0.118 e. The van der Waals surface area contributed by atoms with Gasteiger partial charge in [-0.05, 0) is 76.9 Å². The van der Waals surface area contributed by atoms with Gasteiger partial charge in [-0.1, -0.05) is 18.2 Å². The van der Waals surface area contributed by atoms with Crippen molar-refractivity contribution in [2.45, 2.75) is 13.3 Å². The summed E-state index contributed by atoms with van der Waals surface area (Å²) in [6.45, 7) is 2.16. The lowest BCUT2D eigenvalue weighted by Gasteiger charge is -2.07. The zero-order valence-electron chi connectivity index (χ0n) is 10.0. The Bertz CT molecular complexity index is 503. The fourth-order valence-electron chi connectivity index (χ4n) is 1.79. The predicted octanol–water partition coefficient (Wildman–Crippen LogP) is 4.20. The number of rotatable bonds is 3. The zero-order valence-corrected chi connectivity index (χ0v) is 12.2. The molecular weight excluding hydrogens is 323 g/mol. The molecule has 0 bridgehead atoms. The Morgan fingerprint density at radius 1 is 1.06 bits per heavy atom. The Balaban J connectivity index is 2.22. The Kier molecular flexibility index (Phi) is 4.05. The zero-order chi connectivity index (χ0) is 12.3. The molecule has 2 aromatic rings. The molecular formula is C15H15IO. The van der Waals surface area contributed by atoms with Gasteiger partial charge in [-0.25, -0.2) is 0 Å². The third-order valence-corrected chi connectivity index (χ3v) is 3.54. The lowest BCUT2D eigenvalue weighted by molar-refractivity contribution is 0.414. The van der Waals surface area contributed by atoms with E-state index in [1.165, 1.54) is 20.3 Å². The minimum atomic E-state index is 0.910. The second-order valence-corrected chi connectivity index (χ2v) is 5.34. The molecule has 0 aliphatic rings. The summed E-state index contributed by atoms with van der Waals surface area (Å²) in [6.07, 6.45) is 0.979. The molecule has 0 unspecified atom stereocenters. The molecule has 0 atom stereocenters. The van der Waals surface area contributed by atoms with Gasteiger partial charge < -0.3 is 4.74 Å². The lowest BCUT2D eigenvalue weighted by atomic mass is 10.0. The second-order valence-electron chi connectivity index (χ2n) is 4.10. The number of hydrogen-bond acceptors (Lipinski definition) is 1. The minimum Gasteiger partial charge on any atom is -0.497 e. The van der Waals surface area contributed by atoms with Crippen LogP contribution in [0, 0.1) is 10.5 Å². The van der Waals surface area contributed by atoms with Crippen LogP contribution in [0.15, 0.2) is 42.5 Å². The van der Waals surface area contributed by atoms with Crippen molar-refractivity contribution in [2.75, 3.05) is 7.11 Å². The van der Waals surface area contributed by atoms with Crippen LogP contribution in [0.25, 0.3) is 0 Å². The standard InChI is InChI=1S/C15H15IO/c1-11-3-6-14(16)10-13(11)9-12-4-7-15(17-2)8-5-12/h3-8,10H,9H2,1-2H3. The summed E-state index contributed by atoms with van der Waals surface area (Å²) in [4.78, 5) is 0. The number of hydrogen-bond donors (Lipinski definition) is 0. The Labute approximate surface area is 116 Å². The number of halogens is 1. The third kappa shape index (κ3) is 3.22. The largest absolute Gasteiger partial charge is 0.497 e. The number of benzene rings is 2. The topological polar surface area (TPSA) is 9.23 Å². The summed E-state index contributed by atoms with van der Waals surface area (Å²) in [5.41, 5.74) is 4.05. The van der Waals surface area contributed by atoms with E-state index < -0.39 is 0 Å². The maximum absolute atomic E-state index is 5.16. The van der Waals surface area contributed by atoms with Crippen molar-refractivity contribution in [3.05, 3.63) is 62.7 Å². The van der Waals surface area contributed by atoms with Gasteiger partial charge in [0, 0.05) is 3.57 Å². The highest BCUT2D eigenvalue weighted by atomic mass is 127. The molecule has 2 rings (SSSR count). The van der Waals surface area contributed by atoms with Crippen LogP contribution in [0.1, 0.15) is 16.7 Å². The monoisotopic (exact) mass is 338 g/mol. The smallest absolute Gasteiger partial charge is 0.118 e. The molecule has 0 heterocycles. The molecule has 1 nitrogen and oxygen atoms in total. The first kappa shape index (κ1) is 12.4. The highest BCUT2D eigenvalue weighted by molar-refractivity contribution is 14.1. The Hall–Kier alpha value is -1.03. The molecule has 2 heteroatoms. The molecule has 17 heavy (non-hydrogen) atoms. The van der Waals surface area contributed by atoms with Gasteiger partial charge in [0.2, 0.25) is 0 Å². The van der Waals surface area contributed by atoms with Gasteiger partial charge in [0.05, 0.1) is 7.11 Å². The molecule has 0 aliphatic heterocycles. The molecule has 88 valence electrons. The normalized spacial score (nSPS) is 10.3. The van der Waals surface area contributed by atoms with Crippen LogP contribution in [0.4, 0.5) is 0 Å². The van der Waals surface area contributed by atoms with Crippen LogP contribution in [-0.2, 0) is 6.42 Å². The average Bonchev–Trinajstić information content (AvgIpc) is 2.35. The van der Waals surface area contributed by atoms with E-state index in [9.17, 15) is 0 Å². The van der Waals surface area contributed by atoms with Gasteiger partial charge in [0.25, 0.3) is 0 Å². The van der Waals surface area contributed by atoms with Crippen molar-refractivity contribution in [2.24, 2.45) is 0 Å². The van der Waals surface area contributed by atoms with Crippen molar-refractivity contribution < 1.29 is 4.74 Å². The number of methoxy groups -OCH3 is 1. The van der Waals surface area contributed by atoms with Crippen LogP contribution in [0.5, 0.6) is 5.75 Å². The SMILES string of the molecule is COc1ccc(Cc2cc(I)ccc2C)cc1. The molecule has 0 spiro atoms. The van der Waals surface area contributed by atoms with E-state index in [1.807, 2.05) is 12.1 Å². The summed E-state index contributed by atoms with van der Waals surface area (Å²) < 4.78 is 6.45. The van der Waals surface area contributed by atoms with Gasteiger partial charge in [0.1, 0.15) is 5.75 Å². The number of aryl methyl sites for hydroxylation is 1. The number of ether oxygens (including phenoxy) is 1. The quantitative estimate of drug-likeness (QED) is 0.763. The molecule has 0 fully saturated rings. The van der Waals surface area contributed by atoms with Gasteiger partial charge in [-0.2, -0.15) is 0 Å². The molecule has 0 N–H and O–H groups in total. The molecule has 0 radical (unpaired) electrons. The Morgan fingerprint density at radius 3 is 2.41 bits per heavy atom. The second kappa shape index (κ2) is 5.54. The molecule has 0 aromatic heterocycles. The fraction of sp³-hybridized carbons (Fsp3) is 0.200. The highest BCUT2D eigenvalue weighted by Gasteiger charge is 2.01. The summed E-state index contributed by atoms with van der Waals surface area (Å²) in [5, 5.41) is 0. The summed E-state index contributed by atoms with van der Waals surface area (Å²) in [6, 6.07) is 14.8. The van der Waals surface area contributed by atoms with Crippen molar-refractivity contribution in [1.29, 1.82) is 0 Å². The van der Waals surface area contributed by atoms with Crippen LogP contribution < -0.4 is 4.74 Å². The van der Waals surface area contributed by atoms with Gasteiger partial charge in [-0.3, -0.25) is 0 Å². The van der Waals surface area contributed by atoms with Crippen LogP contribution in [0.2, 0.25) is 0 Å². The van der Waals surface area contributed by atoms with E-state index in [1.54, 1.807) is 7.11 Å². The fourth-order valence-corrected chi connectivity index (χ4v) is 2.35. The average molecular weight is 338 g/mol. The van der Waals surface area contributed by atoms with E-state index in [-0.39, 0.29) is 0 Å². The lowest BCUT2D eigenvalue weighted by Crippen LogP contribution is -1.93. The summed E-state index contributed by atoms with van der Waals surface area (Å²) in [7, 11) is 1.69. The predicted molar refractivity (Wildman–Crippen MR) is 79.7 cm³/mol. The van der Waals surface area contributed by atoms with Crippen LogP contribution >= 0.6 is 22.6 Å². The van der Waals surface area contributed by atoms with Gasteiger partial charge >= 0.3 is 0 Å². The highest BCUT2D eigenvalue weighted by Crippen LogP contribution is 2.19. The minimum absolute atomic E-state index is 0.910. The van der Waals surface area contributed by atoms with Crippen molar-refractivity contribution >= 4 is 22.6 Å². The Morgan fingerprint density at radius 2 is 1.76 bits per heavy atom. The first-order valence-corrected chi connectivity index (χ1v) is 6.65. The van der Waals surface area contributed by atoms with E-state index in [0.29, 0.717) is 0 Å². The molecule has 2 aromatic carbocycles. The molecule has 0 aliphatic carbocycles. The van der Waals surface area contributed by atoms with Gasteiger partial charge in [0.15, 0.2) is 0 Å². The van der Waals surface area contributed by atoms with E-state index in [0.717, 1.165) is 12.2 Å². The first-order valence-electron chi connectivity index (χ1n) is 5.57.